The van der Waals surface area contributed by atoms with Crippen molar-refractivity contribution in [3.63, 3.8) is 0 Å². The summed E-state index contributed by atoms with van der Waals surface area (Å²) in [7, 11) is 0. The van der Waals surface area contributed by atoms with Gasteiger partial charge in [0.2, 0.25) is 0 Å². The number of anilines is 1. The van der Waals surface area contributed by atoms with Gasteiger partial charge in [0.15, 0.2) is 6.61 Å². The smallest absolute Gasteiger partial charge is 0.310 e. The van der Waals surface area contributed by atoms with Crippen molar-refractivity contribution in [3.05, 3.63) is 64.4 Å². The van der Waals surface area contributed by atoms with Crippen molar-refractivity contribution < 1.29 is 18.7 Å². The van der Waals surface area contributed by atoms with E-state index >= 15 is 0 Å². The Morgan fingerprint density at radius 1 is 1.22 bits per heavy atom. The summed E-state index contributed by atoms with van der Waals surface area (Å²) < 4.78 is 18.4. The Morgan fingerprint density at radius 2 is 1.96 bits per heavy atom. The number of benzene rings is 2. The number of nitrogens with one attached hydrogen (secondary N) is 1. The number of rotatable bonds is 5. The number of halogens is 2. The van der Waals surface area contributed by atoms with E-state index in [1.54, 1.807) is 0 Å². The van der Waals surface area contributed by atoms with Gasteiger partial charge < -0.3 is 10.1 Å². The van der Waals surface area contributed by atoms with Crippen LogP contribution in [-0.2, 0) is 20.7 Å². The first-order valence-corrected chi connectivity index (χ1v) is 7.28. The van der Waals surface area contributed by atoms with Crippen molar-refractivity contribution in [2.75, 3.05) is 11.9 Å². The molecule has 23 heavy (non-hydrogen) atoms. The molecule has 2 aromatic carbocycles. The monoisotopic (exact) mass is 335 g/mol. The SMILES string of the molecule is Cc1ccccc1CC(=O)OCC(=O)Nc1cc(Cl)ccc1F. The van der Waals surface area contributed by atoms with E-state index in [4.69, 9.17) is 16.3 Å². The molecule has 4 nitrogen and oxygen atoms in total. The largest absolute Gasteiger partial charge is 0.455 e. The standard InChI is InChI=1S/C17H15ClFNO3/c1-11-4-2-3-5-12(11)8-17(22)23-10-16(21)20-15-9-13(18)6-7-14(15)19/h2-7,9H,8,10H2,1H3,(H,20,21). The van der Waals surface area contributed by atoms with Crippen molar-refractivity contribution in [1.82, 2.24) is 0 Å². The number of amides is 1. The molecular weight excluding hydrogens is 321 g/mol. The topological polar surface area (TPSA) is 55.4 Å². The maximum absolute atomic E-state index is 13.5. The predicted molar refractivity (Wildman–Crippen MR) is 85.9 cm³/mol. The first kappa shape index (κ1) is 17.0. The van der Waals surface area contributed by atoms with Gasteiger partial charge in [-0.15, -0.1) is 0 Å². The number of hydrogen-bond acceptors (Lipinski definition) is 3. The highest BCUT2D eigenvalue weighted by Crippen LogP contribution is 2.19. The summed E-state index contributed by atoms with van der Waals surface area (Å²) in [5.74, 6) is -1.78. The van der Waals surface area contributed by atoms with Crippen LogP contribution in [0.15, 0.2) is 42.5 Å². The molecule has 0 atom stereocenters. The molecule has 0 heterocycles. The third kappa shape index (κ3) is 5.07. The summed E-state index contributed by atoms with van der Waals surface area (Å²) in [5.41, 5.74) is 1.74. The predicted octanol–water partition coefficient (Wildman–Crippen LogP) is 3.51. The highest BCUT2D eigenvalue weighted by atomic mass is 35.5. The Kier molecular flexibility index (Phi) is 5.71. The van der Waals surface area contributed by atoms with Crippen molar-refractivity contribution >= 4 is 29.2 Å². The van der Waals surface area contributed by atoms with Gasteiger partial charge in [0.1, 0.15) is 5.82 Å². The average molecular weight is 336 g/mol. The van der Waals surface area contributed by atoms with Gasteiger partial charge in [-0.3, -0.25) is 9.59 Å². The molecule has 0 bridgehead atoms. The summed E-state index contributed by atoms with van der Waals surface area (Å²) in [6.45, 7) is 1.40. The van der Waals surface area contributed by atoms with E-state index in [2.05, 4.69) is 5.32 Å². The summed E-state index contributed by atoms with van der Waals surface area (Å²) in [6.07, 6.45) is 0.0749. The summed E-state index contributed by atoms with van der Waals surface area (Å²) in [6, 6.07) is 11.2. The quantitative estimate of drug-likeness (QED) is 0.851. The minimum Gasteiger partial charge on any atom is -0.455 e. The molecule has 6 heteroatoms. The van der Waals surface area contributed by atoms with Crippen LogP contribution in [0.3, 0.4) is 0 Å². The molecule has 0 saturated heterocycles. The van der Waals surface area contributed by atoms with Crippen molar-refractivity contribution in [2.24, 2.45) is 0 Å². The molecule has 0 saturated carbocycles. The summed E-state index contributed by atoms with van der Waals surface area (Å²) in [5, 5.41) is 2.60. The van der Waals surface area contributed by atoms with Gasteiger partial charge in [-0.05, 0) is 36.2 Å². The molecule has 2 rings (SSSR count). The zero-order valence-electron chi connectivity index (χ0n) is 12.4. The van der Waals surface area contributed by atoms with Crippen LogP contribution in [0.1, 0.15) is 11.1 Å². The van der Waals surface area contributed by atoms with Gasteiger partial charge in [0.25, 0.3) is 5.91 Å². The lowest BCUT2D eigenvalue weighted by molar-refractivity contribution is -0.146. The first-order valence-electron chi connectivity index (χ1n) is 6.91. The van der Waals surface area contributed by atoms with Crippen LogP contribution in [0.4, 0.5) is 10.1 Å². The molecule has 1 amide bonds. The number of esters is 1. The van der Waals surface area contributed by atoms with Gasteiger partial charge >= 0.3 is 5.97 Å². The number of carbonyl (C=O) groups is 2. The Labute approximate surface area is 138 Å². The van der Waals surface area contributed by atoms with Crippen LogP contribution in [0, 0.1) is 12.7 Å². The van der Waals surface area contributed by atoms with Gasteiger partial charge in [0.05, 0.1) is 12.1 Å². The first-order chi connectivity index (χ1) is 11.0. The molecule has 2 aromatic rings. The second kappa shape index (κ2) is 7.74. The third-order valence-electron chi connectivity index (χ3n) is 3.16. The van der Waals surface area contributed by atoms with Crippen LogP contribution in [0.2, 0.25) is 5.02 Å². The highest BCUT2D eigenvalue weighted by molar-refractivity contribution is 6.30. The molecule has 0 spiro atoms. The fourth-order valence-electron chi connectivity index (χ4n) is 1.94. The maximum atomic E-state index is 13.5. The van der Waals surface area contributed by atoms with E-state index in [0.29, 0.717) is 5.02 Å². The molecule has 0 aliphatic rings. The molecule has 0 fully saturated rings. The molecule has 1 N–H and O–H groups in total. The molecule has 0 radical (unpaired) electrons. The lowest BCUT2D eigenvalue weighted by Gasteiger charge is -2.08. The molecule has 0 unspecified atom stereocenters. The lowest BCUT2D eigenvalue weighted by Crippen LogP contribution is -2.22. The van der Waals surface area contributed by atoms with Crippen LogP contribution < -0.4 is 5.32 Å². The summed E-state index contributed by atoms with van der Waals surface area (Å²) in [4.78, 5) is 23.4. The zero-order chi connectivity index (χ0) is 16.8. The normalized spacial score (nSPS) is 10.2. The second-order valence-corrected chi connectivity index (χ2v) is 5.37. The molecule has 0 aliphatic heterocycles. The molecule has 0 aliphatic carbocycles. The number of ether oxygens (including phenoxy) is 1. The molecular formula is C17H15ClFNO3. The van der Waals surface area contributed by atoms with Crippen LogP contribution in [0.25, 0.3) is 0 Å². The minimum atomic E-state index is -0.635. The van der Waals surface area contributed by atoms with Crippen molar-refractivity contribution in [1.29, 1.82) is 0 Å². The number of hydrogen-bond donors (Lipinski definition) is 1. The van der Waals surface area contributed by atoms with E-state index in [-0.39, 0.29) is 12.1 Å². The molecule has 0 aromatic heterocycles. The zero-order valence-corrected chi connectivity index (χ0v) is 13.2. The Bertz CT molecular complexity index is 734. The van der Waals surface area contributed by atoms with Gasteiger partial charge in [-0.2, -0.15) is 0 Å². The number of carbonyl (C=O) groups excluding carboxylic acids is 2. The Morgan fingerprint density at radius 3 is 2.70 bits per heavy atom. The van der Waals surface area contributed by atoms with E-state index in [1.165, 1.54) is 12.1 Å². The van der Waals surface area contributed by atoms with Crippen LogP contribution in [-0.4, -0.2) is 18.5 Å². The fraction of sp³-hybridized carbons (Fsp3) is 0.176. The van der Waals surface area contributed by atoms with Gasteiger partial charge in [-0.25, -0.2) is 4.39 Å². The van der Waals surface area contributed by atoms with Crippen molar-refractivity contribution in [2.45, 2.75) is 13.3 Å². The second-order valence-electron chi connectivity index (χ2n) is 4.94. The molecule has 120 valence electrons. The Balaban J connectivity index is 1.85. The maximum Gasteiger partial charge on any atom is 0.310 e. The van der Waals surface area contributed by atoms with Crippen molar-refractivity contribution in [3.8, 4) is 0 Å². The Hall–Kier alpha value is -2.40. The highest BCUT2D eigenvalue weighted by Gasteiger charge is 2.12. The van der Waals surface area contributed by atoms with E-state index in [0.717, 1.165) is 17.2 Å². The van der Waals surface area contributed by atoms with E-state index < -0.39 is 24.3 Å². The van der Waals surface area contributed by atoms with Crippen LogP contribution >= 0.6 is 11.6 Å². The number of aryl methyl sites for hydroxylation is 1. The van der Waals surface area contributed by atoms with Gasteiger partial charge in [-0.1, -0.05) is 35.9 Å². The van der Waals surface area contributed by atoms with E-state index in [1.807, 2.05) is 31.2 Å². The fourth-order valence-corrected chi connectivity index (χ4v) is 2.11. The minimum absolute atomic E-state index is 0.0579. The average Bonchev–Trinajstić information content (AvgIpc) is 2.51. The lowest BCUT2D eigenvalue weighted by atomic mass is 10.1. The summed E-state index contributed by atoms with van der Waals surface area (Å²) >= 11 is 5.73. The van der Waals surface area contributed by atoms with Gasteiger partial charge in [0, 0.05) is 5.02 Å². The van der Waals surface area contributed by atoms with E-state index in [9.17, 15) is 14.0 Å². The third-order valence-corrected chi connectivity index (χ3v) is 3.40. The van der Waals surface area contributed by atoms with Crippen LogP contribution in [0.5, 0.6) is 0 Å².